The largest absolute Gasteiger partial charge is 0.283 e. The summed E-state index contributed by atoms with van der Waals surface area (Å²) in [5.41, 5.74) is 2.19. The van der Waals surface area contributed by atoms with Gasteiger partial charge in [0.1, 0.15) is 5.65 Å². The van der Waals surface area contributed by atoms with E-state index >= 15 is 0 Å². The minimum Gasteiger partial charge on any atom is -0.283 e. The average molecular weight is 347 g/mol. The van der Waals surface area contributed by atoms with Gasteiger partial charge in [0.25, 0.3) is 0 Å². The van der Waals surface area contributed by atoms with Gasteiger partial charge in [0.15, 0.2) is 5.82 Å². The maximum atomic E-state index is 6.01. The van der Waals surface area contributed by atoms with Crippen LogP contribution in [0.2, 0.25) is 10.0 Å². The van der Waals surface area contributed by atoms with E-state index in [4.69, 9.17) is 23.2 Å². The molecule has 0 spiro atoms. The fourth-order valence-corrected chi connectivity index (χ4v) is 2.80. The Morgan fingerprint density at radius 2 is 1.70 bits per heavy atom. The third kappa shape index (κ3) is 3.38. The van der Waals surface area contributed by atoms with Crippen LogP contribution < -0.4 is 0 Å². The Kier molecular flexibility index (Phi) is 4.13. The molecule has 0 radical (unpaired) electrons. The number of azo groups is 1. The molecule has 0 aliphatic rings. The van der Waals surface area contributed by atoms with Crippen molar-refractivity contribution in [2.75, 3.05) is 0 Å². The van der Waals surface area contributed by atoms with Crippen molar-refractivity contribution >= 4 is 40.4 Å². The van der Waals surface area contributed by atoms with Crippen LogP contribution in [0.4, 0.5) is 11.5 Å². The van der Waals surface area contributed by atoms with Crippen LogP contribution in [0.1, 0.15) is 26.5 Å². The zero-order chi connectivity index (χ0) is 16.6. The van der Waals surface area contributed by atoms with Crippen LogP contribution in [-0.4, -0.2) is 9.38 Å². The zero-order valence-corrected chi connectivity index (χ0v) is 14.6. The molecule has 0 bridgehead atoms. The van der Waals surface area contributed by atoms with Gasteiger partial charge in [0.2, 0.25) is 0 Å². The first-order chi connectivity index (χ1) is 10.8. The monoisotopic (exact) mass is 346 g/mol. The number of hydrogen-bond acceptors (Lipinski definition) is 3. The average Bonchev–Trinajstić information content (AvgIpc) is 2.83. The Hall–Kier alpha value is -1.91. The van der Waals surface area contributed by atoms with Gasteiger partial charge in [-0.25, -0.2) is 4.98 Å². The summed E-state index contributed by atoms with van der Waals surface area (Å²) >= 11 is 12.0. The smallest absolute Gasteiger partial charge is 0.183 e. The molecule has 2 heterocycles. The zero-order valence-electron chi connectivity index (χ0n) is 13.1. The molecule has 0 N–H and O–H groups in total. The van der Waals surface area contributed by atoms with Crippen molar-refractivity contribution in [3.8, 4) is 0 Å². The van der Waals surface area contributed by atoms with E-state index in [1.54, 1.807) is 18.2 Å². The number of nitrogens with zero attached hydrogens (tertiary/aromatic N) is 4. The molecule has 4 nitrogen and oxygen atoms in total. The van der Waals surface area contributed by atoms with E-state index < -0.39 is 0 Å². The summed E-state index contributed by atoms with van der Waals surface area (Å²) in [5, 5.41) is 9.77. The van der Waals surface area contributed by atoms with Gasteiger partial charge < -0.3 is 0 Å². The Morgan fingerprint density at radius 1 is 1.00 bits per heavy atom. The van der Waals surface area contributed by atoms with Crippen molar-refractivity contribution < 1.29 is 0 Å². The molecule has 118 valence electrons. The molecule has 0 unspecified atom stereocenters. The van der Waals surface area contributed by atoms with E-state index in [9.17, 15) is 0 Å². The summed E-state index contributed by atoms with van der Waals surface area (Å²) in [5.74, 6) is 0.712. The van der Waals surface area contributed by atoms with Gasteiger partial charge in [0.05, 0.1) is 11.4 Å². The molecule has 3 rings (SSSR count). The summed E-state index contributed by atoms with van der Waals surface area (Å²) in [6, 6.07) is 10.9. The molecule has 1 aromatic carbocycles. The minimum absolute atomic E-state index is 0.146. The lowest BCUT2D eigenvalue weighted by molar-refractivity contribution is 0.574. The van der Waals surface area contributed by atoms with Crippen LogP contribution in [0.3, 0.4) is 0 Å². The molecule has 0 amide bonds. The number of fused-ring (bicyclic) bond motifs is 1. The van der Waals surface area contributed by atoms with Crippen molar-refractivity contribution in [1.29, 1.82) is 0 Å². The van der Waals surface area contributed by atoms with Gasteiger partial charge in [0, 0.05) is 21.7 Å². The number of halogens is 2. The van der Waals surface area contributed by atoms with Crippen molar-refractivity contribution in [3.05, 3.63) is 58.3 Å². The van der Waals surface area contributed by atoms with Gasteiger partial charge in [-0.1, -0.05) is 50.0 Å². The number of pyridine rings is 1. The fourth-order valence-electron chi connectivity index (χ4n) is 2.28. The Bertz CT molecular complexity index is 871. The lowest BCUT2D eigenvalue weighted by Crippen LogP contribution is -2.11. The second-order valence-corrected chi connectivity index (χ2v) is 7.16. The summed E-state index contributed by atoms with van der Waals surface area (Å²) in [6.07, 6.45) is 1.93. The van der Waals surface area contributed by atoms with Crippen LogP contribution >= 0.6 is 23.2 Å². The molecule has 0 saturated heterocycles. The Labute approximate surface area is 144 Å². The summed E-state index contributed by atoms with van der Waals surface area (Å²) in [6.45, 7) is 6.30. The first kappa shape index (κ1) is 16.0. The molecule has 0 atom stereocenters. The normalized spacial score (nSPS) is 12.4. The second kappa shape index (κ2) is 5.95. The van der Waals surface area contributed by atoms with Crippen molar-refractivity contribution in [2.45, 2.75) is 26.2 Å². The Morgan fingerprint density at radius 3 is 2.35 bits per heavy atom. The lowest BCUT2D eigenvalue weighted by atomic mass is 9.92. The first-order valence-corrected chi connectivity index (χ1v) is 7.95. The quantitative estimate of drug-likeness (QED) is 0.498. The highest BCUT2D eigenvalue weighted by Crippen LogP contribution is 2.33. The summed E-state index contributed by atoms with van der Waals surface area (Å²) in [4.78, 5) is 4.69. The number of imidazole rings is 1. The highest BCUT2D eigenvalue weighted by molar-refractivity contribution is 6.35. The molecule has 3 aromatic rings. The van der Waals surface area contributed by atoms with Crippen LogP contribution in [-0.2, 0) is 5.41 Å². The number of rotatable bonds is 2. The number of benzene rings is 1. The van der Waals surface area contributed by atoms with E-state index in [0.717, 1.165) is 11.3 Å². The van der Waals surface area contributed by atoms with Crippen LogP contribution in [0, 0.1) is 0 Å². The van der Waals surface area contributed by atoms with Crippen LogP contribution in [0.15, 0.2) is 52.8 Å². The molecule has 0 aliphatic carbocycles. The Balaban J connectivity index is 2.13. The molecular weight excluding hydrogens is 331 g/mol. The molecule has 23 heavy (non-hydrogen) atoms. The summed E-state index contributed by atoms with van der Waals surface area (Å²) in [7, 11) is 0. The van der Waals surface area contributed by atoms with Crippen LogP contribution in [0.25, 0.3) is 5.65 Å². The molecule has 2 aromatic heterocycles. The maximum Gasteiger partial charge on any atom is 0.183 e. The molecular formula is C17H16Cl2N4. The predicted octanol–water partition coefficient (Wildman–Crippen LogP) is 6.35. The van der Waals surface area contributed by atoms with E-state index in [1.807, 2.05) is 28.8 Å². The number of hydrogen-bond donors (Lipinski definition) is 0. The second-order valence-electron chi connectivity index (χ2n) is 6.29. The molecule has 0 saturated carbocycles. The topological polar surface area (TPSA) is 42.0 Å². The van der Waals surface area contributed by atoms with Crippen molar-refractivity contribution in [1.82, 2.24) is 9.38 Å². The van der Waals surface area contributed by atoms with Crippen LogP contribution in [0.5, 0.6) is 0 Å². The SMILES string of the molecule is CC(C)(C)c1nc2ccccn2c1N=Nc1cc(Cl)cc(Cl)c1. The fraction of sp³-hybridized carbons (Fsp3) is 0.235. The first-order valence-electron chi connectivity index (χ1n) is 7.20. The molecule has 0 aliphatic heterocycles. The lowest BCUT2D eigenvalue weighted by Gasteiger charge is -2.15. The van der Waals surface area contributed by atoms with E-state index in [0.29, 0.717) is 21.6 Å². The van der Waals surface area contributed by atoms with Crippen molar-refractivity contribution in [2.24, 2.45) is 10.2 Å². The standard InChI is InChI=1S/C17H16Cl2N4/c1-17(2,3)15-16(23-7-5-4-6-14(23)20-15)22-21-13-9-11(18)8-12(19)10-13/h4-10H,1-3H3. The van der Waals surface area contributed by atoms with Gasteiger partial charge in [-0.05, 0) is 30.3 Å². The molecule has 6 heteroatoms. The van der Waals surface area contributed by atoms with Gasteiger partial charge >= 0.3 is 0 Å². The van der Waals surface area contributed by atoms with Gasteiger partial charge in [-0.2, -0.15) is 0 Å². The van der Waals surface area contributed by atoms with E-state index in [2.05, 4.69) is 36.0 Å². The van der Waals surface area contributed by atoms with Gasteiger partial charge in [-0.15, -0.1) is 10.2 Å². The highest BCUT2D eigenvalue weighted by Gasteiger charge is 2.23. The van der Waals surface area contributed by atoms with Gasteiger partial charge in [-0.3, -0.25) is 4.40 Å². The molecule has 0 fully saturated rings. The highest BCUT2D eigenvalue weighted by atomic mass is 35.5. The van der Waals surface area contributed by atoms with Crippen molar-refractivity contribution in [3.63, 3.8) is 0 Å². The maximum absolute atomic E-state index is 6.01. The number of aromatic nitrogens is 2. The minimum atomic E-state index is -0.146. The van der Waals surface area contributed by atoms with E-state index in [-0.39, 0.29) is 5.41 Å². The van der Waals surface area contributed by atoms with E-state index in [1.165, 1.54) is 0 Å². The predicted molar refractivity (Wildman–Crippen MR) is 94.5 cm³/mol. The third-order valence-corrected chi connectivity index (χ3v) is 3.76. The third-order valence-electron chi connectivity index (χ3n) is 3.32. The summed E-state index contributed by atoms with van der Waals surface area (Å²) < 4.78 is 1.93.